The van der Waals surface area contributed by atoms with Gasteiger partial charge in [0.1, 0.15) is 5.69 Å². The minimum absolute atomic E-state index is 0.193. The summed E-state index contributed by atoms with van der Waals surface area (Å²) in [5, 5.41) is 24.7. The van der Waals surface area contributed by atoms with Gasteiger partial charge in [0.2, 0.25) is 0 Å². The Morgan fingerprint density at radius 2 is 1.03 bits per heavy atom. The average Bonchev–Trinajstić information content (AvgIpc) is 2.89. The van der Waals surface area contributed by atoms with Crippen molar-refractivity contribution in [3.8, 4) is 0 Å². The maximum absolute atomic E-state index is 11.1. The first-order valence-electron chi connectivity index (χ1n) is 11.8. The lowest BCUT2D eigenvalue weighted by Crippen LogP contribution is -2.15. The molecule has 14 nitrogen and oxygen atoms in total. The van der Waals surface area contributed by atoms with E-state index in [4.69, 9.17) is 33.2 Å². The molecule has 0 amide bonds. The Morgan fingerprint density at radius 1 is 0.622 bits per heavy atom. The van der Waals surface area contributed by atoms with E-state index in [0.717, 1.165) is 17.1 Å². The first-order valence-corrected chi connectivity index (χ1v) is 13.4. The van der Waals surface area contributed by atoms with E-state index in [0.29, 0.717) is 85.8 Å². The van der Waals surface area contributed by atoms with Crippen LogP contribution in [0.2, 0.25) is 0 Å². The standard InChI is InChI=1S/C22H36IN3O11/c23-3-5-31-7-9-33-11-13-35-15-17-37-18-16-36-14-12-34-10-8-32-6-4-24-21-2-1-20(25(27)28)19-22(21)26(29)30/h1-2,19,24H,3-18H2. The molecule has 0 spiro atoms. The van der Waals surface area contributed by atoms with E-state index in [1.54, 1.807) is 0 Å². The zero-order chi connectivity index (χ0) is 27.0. The van der Waals surface area contributed by atoms with E-state index >= 15 is 0 Å². The minimum atomic E-state index is -0.679. The Labute approximate surface area is 229 Å². The van der Waals surface area contributed by atoms with Crippen molar-refractivity contribution in [1.82, 2.24) is 0 Å². The van der Waals surface area contributed by atoms with E-state index < -0.39 is 9.85 Å². The maximum atomic E-state index is 11.1. The lowest BCUT2D eigenvalue weighted by atomic mass is 10.2. The number of hydrogen-bond acceptors (Lipinski definition) is 12. The van der Waals surface area contributed by atoms with Crippen molar-refractivity contribution in [2.45, 2.75) is 0 Å². The van der Waals surface area contributed by atoms with Crippen LogP contribution in [-0.4, -0.2) is 113 Å². The predicted molar refractivity (Wildman–Crippen MR) is 143 cm³/mol. The maximum Gasteiger partial charge on any atom is 0.299 e. The van der Waals surface area contributed by atoms with Crippen LogP contribution in [0, 0.1) is 20.2 Å². The highest BCUT2D eigenvalue weighted by atomic mass is 127. The third kappa shape index (κ3) is 18.2. The molecule has 0 unspecified atom stereocenters. The van der Waals surface area contributed by atoms with Gasteiger partial charge in [0.05, 0.1) is 108 Å². The van der Waals surface area contributed by atoms with Gasteiger partial charge in [-0.2, -0.15) is 0 Å². The molecule has 0 aliphatic heterocycles. The van der Waals surface area contributed by atoms with Gasteiger partial charge in [-0.1, -0.05) is 22.6 Å². The number of benzene rings is 1. The fraction of sp³-hybridized carbons (Fsp3) is 0.727. The molecular formula is C22H36IN3O11. The molecule has 0 heterocycles. The fourth-order valence-corrected chi connectivity index (χ4v) is 2.98. The molecule has 0 bridgehead atoms. The number of non-ortho nitro benzene ring substituents is 1. The number of nitro groups is 2. The average molecular weight is 645 g/mol. The van der Waals surface area contributed by atoms with Crippen LogP contribution in [0.4, 0.5) is 17.1 Å². The van der Waals surface area contributed by atoms with Gasteiger partial charge in [-0.05, 0) is 6.07 Å². The Kier molecular flexibility index (Phi) is 21.1. The summed E-state index contributed by atoms with van der Waals surface area (Å²) in [4.78, 5) is 20.5. The van der Waals surface area contributed by atoms with Crippen LogP contribution in [0.15, 0.2) is 18.2 Å². The summed E-state index contributed by atoms with van der Waals surface area (Å²) in [6.45, 7) is 7.06. The van der Waals surface area contributed by atoms with Gasteiger partial charge in [0, 0.05) is 17.0 Å². The Bertz CT molecular complexity index is 746. The van der Waals surface area contributed by atoms with Crippen molar-refractivity contribution < 1.29 is 43.0 Å². The number of rotatable bonds is 26. The molecule has 1 N–H and O–H groups in total. The normalized spacial score (nSPS) is 11.1. The Morgan fingerprint density at radius 3 is 1.41 bits per heavy atom. The fourth-order valence-electron chi connectivity index (χ4n) is 2.67. The molecule has 0 aliphatic carbocycles. The second-order valence-corrected chi connectivity index (χ2v) is 8.20. The quantitative estimate of drug-likeness (QED) is 0.0516. The number of nitro benzene ring substituents is 2. The number of nitrogens with zero attached hydrogens (tertiary/aromatic N) is 2. The van der Waals surface area contributed by atoms with Crippen LogP contribution in [0.3, 0.4) is 0 Å². The highest BCUT2D eigenvalue weighted by Crippen LogP contribution is 2.28. The number of alkyl halides is 1. The Hall–Kier alpha value is -1.73. The first-order chi connectivity index (χ1) is 18.1. The van der Waals surface area contributed by atoms with Crippen LogP contribution >= 0.6 is 22.6 Å². The van der Waals surface area contributed by atoms with E-state index in [9.17, 15) is 20.2 Å². The van der Waals surface area contributed by atoms with Gasteiger partial charge in [0.15, 0.2) is 0 Å². The summed E-state index contributed by atoms with van der Waals surface area (Å²) in [7, 11) is 0. The van der Waals surface area contributed by atoms with E-state index in [1.165, 1.54) is 12.1 Å². The summed E-state index contributed by atoms with van der Waals surface area (Å²) < 4.78 is 38.7. The van der Waals surface area contributed by atoms with Gasteiger partial charge in [-0.15, -0.1) is 0 Å². The summed E-state index contributed by atoms with van der Waals surface area (Å²) in [6, 6.07) is 3.44. The third-order valence-corrected chi connectivity index (χ3v) is 4.84. The summed E-state index contributed by atoms with van der Waals surface area (Å²) in [6.07, 6.45) is 0. The molecule has 0 saturated carbocycles. The first kappa shape index (κ1) is 33.3. The molecular weight excluding hydrogens is 609 g/mol. The molecule has 1 aromatic carbocycles. The van der Waals surface area contributed by atoms with Crippen molar-refractivity contribution >= 4 is 39.7 Å². The van der Waals surface area contributed by atoms with Crippen LogP contribution in [0.5, 0.6) is 0 Å². The Balaban J connectivity index is 1.84. The molecule has 15 heteroatoms. The number of anilines is 1. The second-order valence-electron chi connectivity index (χ2n) is 7.12. The molecule has 1 aromatic rings. The zero-order valence-electron chi connectivity index (χ0n) is 20.8. The smallest absolute Gasteiger partial charge is 0.299 e. The summed E-state index contributed by atoms with van der Waals surface area (Å²) >= 11 is 2.26. The van der Waals surface area contributed by atoms with Crippen LogP contribution in [0.25, 0.3) is 0 Å². The second kappa shape index (κ2) is 23.4. The monoisotopic (exact) mass is 645 g/mol. The van der Waals surface area contributed by atoms with Gasteiger partial charge in [-0.25, -0.2) is 0 Å². The number of hydrogen-bond donors (Lipinski definition) is 1. The van der Waals surface area contributed by atoms with E-state index in [2.05, 4.69) is 27.9 Å². The van der Waals surface area contributed by atoms with Crippen molar-refractivity contribution in [2.75, 3.05) is 109 Å². The predicted octanol–water partition coefficient (Wildman–Crippen LogP) is 2.47. The molecule has 0 aromatic heterocycles. The summed E-state index contributed by atoms with van der Waals surface area (Å²) in [5.41, 5.74) is -0.507. The highest BCUT2D eigenvalue weighted by Gasteiger charge is 2.18. The molecule has 37 heavy (non-hydrogen) atoms. The SMILES string of the molecule is O=[N+]([O-])c1ccc(NCCOCCOCCOCCOCCOCCOCCOCCI)c([N+](=O)[O-])c1. The molecule has 0 fully saturated rings. The van der Waals surface area contributed by atoms with Gasteiger partial charge < -0.3 is 38.5 Å². The highest BCUT2D eigenvalue weighted by molar-refractivity contribution is 14.1. The van der Waals surface area contributed by atoms with E-state index in [-0.39, 0.29) is 23.7 Å². The molecule has 0 radical (unpaired) electrons. The molecule has 1 rings (SSSR count). The van der Waals surface area contributed by atoms with Crippen molar-refractivity contribution in [2.24, 2.45) is 0 Å². The van der Waals surface area contributed by atoms with Crippen molar-refractivity contribution in [1.29, 1.82) is 0 Å². The zero-order valence-corrected chi connectivity index (χ0v) is 23.0. The third-order valence-electron chi connectivity index (χ3n) is 4.40. The summed E-state index contributed by atoms with van der Waals surface area (Å²) in [5.74, 6) is 0. The van der Waals surface area contributed by atoms with Gasteiger partial charge in [-0.3, -0.25) is 20.2 Å². The lowest BCUT2D eigenvalue weighted by Gasteiger charge is -2.09. The lowest BCUT2D eigenvalue weighted by molar-refractivity contribution is -0.393. The van der Waals surface area contributed by atoms with Crippen LogP contribution in [-0.2, 0) is 33.2 Å². The van der Waals surface area contributed by atoms with Crippen LogP contribution in [0.1, 0.15) is 0 Å². The number of ether oxygens (including phenoxy) is 7. The number of nitrogens with one attached hydrogen (secondary N) is 1. The number of halogens is 1. The minimum Gasteiger partial charge on any atom is -0.378 e. The van der Waals surface area contributed by atoms with Gasteiger partial charge >= 0.3 is 0 Å². The van der Waals surface area contributed by atoms with Gasteiger partial charge in [0.25, 0.3) is 11.4 Å². The molecule has 0 atom stereocenters. The van der Waals surface area contributed by atoms with Crippen LogP contribution < -0.4 is 5.32 Å². The largest absolute Gasteiger partial charge is 0.378 e. The topological polar surface area (TPSA) is 163 Å². The molecule has 212 valence electrons. The molecule has 0 aliphatic rings. The van der Waals surface area contributed by atoms with Crippen molar-refractivity contribution in [3.05, 3.63) is 38.4 Å². The van der Waals surface area contributed by atoms with Crippen molar-refractivity contribution in [3.63, 3.8) is 0 Å². The van der Waals surface area contributed by atoms with E-state index in [1.807, 2.05) is 0 Å². The molecule has 0 saturated heterocycles.